The first-order chi connectivity index (χ1) is 8.91. The smallest absolute Gasteiger partial charge is 0.292 e. The molecule has 1 aromatic rings. The van der Waals surface area contributed by atoms with Crippen molar-refractivity contribution in [3.63, 3.8) is 0 Å². The van der Waals surface area contributed by atoms with E-state index in [1.54, 1.807) is 0 Å². The number of anilines is 1. The van der Waals surface area contributed by atoms with Crippen LogP contribution in [0.5, 0.6) is 0 Å². The topological polar surface area (TPSA) is 98.3 Å². The first-order valence-corrected chi connectivity index (χ1v) is 6.28. The largest absolute Gasteiger partial charge is 0.393 e. The molecule has 0 spiro atoms. The Morgan fingerprint density at radius 2 is 2.05 bits per heavy atom. The van der Waals surface area contributed by atoms with Crippen molar-refractivity contribution in [2.75, 3.05) is 5.73 Å². The molecule has 1 saturated carbocycles. The van der Waals surface area contributed by atoms with Gasteiger partial charge in [0.25, 0.3) is 11.6 Å². The number of nitro groups is 1. The molecule has 6 heteroatoms. The predicted molar refractivity (Wildman–Crippen MR) is 71.8 cm³/mol. The molecular formula is C13H17N3O3. The lowest BCUT2D eigenvalue weighted by Crippen LogP contribution is -2.43. The summed E-state index contributed by atoms with van der Waals surface area (Å²) in [5, 5.41) is 13.8. The summed E-state index contributed by atoms with van der Waals surface area (Å²) in [7, 11) is 0. The summed E-state index contributed by atoms with van der Waals surface area (Å²) in [6.45, 7) is 2.00. The maximum Gasteiger partial charge on any atom is 0.292 e. The zero-order valence-corrected chi connectivity index (χ0v) is 10.8. The highest BCUT2D eigenvalue weighted by Gasteiger charge is 2.30. The van der Waals surface area contributed by atoms with E-state index in [-0.39, 0.29) is 28.4 Å². The summed E-state index contributed by atoms with van der Waals surface area (Å²) in [6.07, 6.45) is 4.07. The molecule has 0 saturated heterocycles. The molecule has 102 valence electrons. The molecule has 1 aliphatic rings. The molecule has 0 bridgehead atoms. The molecule has 1 amide bonds. The van der Waals surface area contributed by atoms with Crippen molar-refractivity contribution in [3.8, 4) is 0 Å². The lowest BCUT2D eigenvalue weighted by molar-refractivity contribution is -0.383. The SMILES string of the molecule is CC1(NC(=O)c2ccc(N)c([N+](=O)[O-])c2)CCCC1. The molecular weight excluding hydrogens is 246 g/mol. The van der Waals surface area contributed by atoms with Gasteiger partial charge in [0, 0.05) is 17.2 Å². The molecule has 0 aromatic heterocycles. The van der Waals surface area contributed by atoms with Crippen LogP contribution >= 0.6 is 0 Å². The quantitative estimate of drug-likeness (QED) is 0.496. The monoisotopic (exact) mass is 263 g/mol. The summed E-state index contributed by atoms with van der Waals surface area (Å²) in [4.78, 5) is 22.3. The molecule has 1 fully saturated rings. The van der Waals surface area contributed by atoms with E-state index < -0.39 is 4.92 Å². The highest BCUT2D eigenvalue weighted by Crippen LogP contribution is 2.29. The molecule has 3 N–H and O–H groups in total. The van der Waals surface area contributed by atoms with E-state index in [0.29, 0.717) is 0 Å². The Hall–Kier alpha value is -2.11. The molecule has 0 atom stereocenters. The first kappa shape index (κ1) is 13.3. The minimum atomic E-state index is -0.580. The van der Waals surface area contributed by atoms with Crippen LogP contribution in [0.15, 0.2) is 18.2 Å². The lowest BCUT2D eigenvalue weighted by Gasteiger charge is -2.25. The average molecular weight is 263 g/mol. The van der Waals surface area contributed by atoms with E-state index in [4.69, 9.17) is 5.73 Å². The molecule has 6 nitrogen and oxygen atoms in total. The molecule has 0 unspecified atom stereocenters. The Morgan fingerprint density at radius 1 is 1.42 bits per heavy atom. The summed E-state index contributed by atoms with van der Waals surface area (Å²) < 4.78 is 0. The van der Waals surface area contributed by atoms with Crippen molar-refractivity contribution < 1.29 is 9.72 Å². The number of carbonyl (C=O) groups is 1. The van der Waals surface area contributed by atoms with Crippen LogP contribution in [0, 0.1) is 10.1 Å². The maximum atomic E-state index is 12.1. The fourth-order valence-corrected chi connectivity index (χ4v) is 2.47. The van der Waals surface area contributed by atoms with E-state index >= 15 is 0 Å². The minimum Gasteiger partial charge on any atom is -0.393 e. The standard InChI is InChI=1S/C13H17N3O3/c1-13(6-2-3-7-13)15-12(17)9-4-5-10(14)11(8-9)16(18)19/h4-5,8H,2-3,6-7,14H2,1H3,(H,15,17). The van der Waals surface area contributed by atoms with Gasteiger partial charge in [-0.3, -0.25) is 14.9 Å². The highest BCUT2D eigenvalue weighted by molar-refractivity contribution is 5.96. The molecule has 1 aliphatic carbocycles. The zero-order valence-electron chi connectivity index (χ0n) is 10.8. The van der Waals surface area contributed by atoms with Crippen LogP contribution in [0.2, 0.25) is 0 Å². The molecule has 0 aliphatic heterocycles. The van der Waals surface area contributed by atoms with Gasteiger partial charge in [0.1, 0.15) is 5.69 Å². The number of rotatable bonds is 3. The van der Waals surface area contributed by atoms with E-state index in [0.717, 1.165) is 25.7 Å². The van der Waals surface area contributed by atoms with Gasteiger partial charge in [-0.2, -0.15) is 0 Å². The van der Waals surface area contributed by atoms with Crippen molar-refractivity contribution >= 4 is 17.3 Å². The summed E-state index contributed by atoms with van der Waals surface area (Å²) in [5.41, 5.74) is 5.41. The number of amides is 1. The number of nitrogen functional groups attached to an aromatic ring is 1. The van der Waals surface area contributed by atoms with Crippen LogP contribution in [0.25, 0.3) is 0 Å². The van der Waals surface area contributed by atoms with E-state index in [1.807, 2.05) is 6.92 Å². The normalized spacial score (nSPS) is 17.1. The van der Waals surface area contributed by atoms with Crippen molar-refractivity contribution in [1.82, 2.24) is 5.32 Å². The number of benzene rings is 1. The predicted octanol–water partition coefficient (Wildman–Crippen LogP) is 2.24. The van der Waals surface area contributed by atoms with E-state index in [2.05, 4.69) is 5.32 Å². The third-order valence-corrected chi connectivity index (χ3v) is 3.61. The Bertz CT molecular complexity index is 522. The summed E-state index contributed by atoms with van der Waals surface area (Å²) in [5.74, 6) is -0.285. The second-order valence-corrected chi connectivity index (χ2v) is 5.25. The van der Waals surface area contributed by atoms with Gasteiger partial charge in [-0.1, -0.05) is 12.8 Å². The average Bonchev–Trinajstić information content (AvgIpc) is 2.75. The second-order valence-electron chi connectivity index (χ2n) is 5.25. The van der Waals surface area contributed by atoms with Crippen LogP contribution in [0.4, 0.5) is 11.4 Å². The number of nitro benzene ring substituents is 1. The summed E-state index contributed by atoms with van der Waals surface area (Å²) >= 11 is 0. The first-order valence-electron chi connectivity index (χ1n) is 6.28. The van der Waals surface area contributed by atoms with Gasteiger partial charge in [-0.15, -0.1) is 0 Å². The van der Waals surface area contributed by atoms with Crippen LogP contribution < -0.4 is 11.1 Å². The number of carbonyl (C=O) groups excluding carboxylic acids is 1. The molecule has 2 rings (SSSR count). The Labute approximate surface area is 111 Å². The minimum absolute atomic E-state index is 0.0635. The number of nitrogens with zero attached hydrogens (tertiary/aromatic N) is 1. The van der Waals surface area contributed by atoms with Crippen LogP contribution in [0.3, 0.4) is 0 Å². The van der Waals surface area contributed by atoms with Gasteiger partial charge >= 0.3 is 0 Å². The fraction of sp³-hybridized carbons (Fsp3) is 0.462. The van der Waals surface area contributed by atoms with Crippen molar-refractivity contribution in [1.29, 1.82) is 0 Å². The van der Waals surface area contributed by atoms with Gasteiger partial charge in [-0.25, -0.2) is 0 Å². The van der Waals surface area contributed by atoms with E-state index in [1.165, 1.54) is 18.2 Å². The van der Waals surface area contributed by atoms with Crippen LogP contribution in [-0.2, 0) is 0 Å². The second kappa shape index (κ2) is 4.87. The highest BCUT2D eigenvalue weighted by atomic mass is 16.6. The molecule has 0 heterocycles. The maximum absolute atomic E-state index is 12.1. The third-order valence-electron chi connectivity index (χ3n) is 3.61. The molecule has 0 radical (unpaired) electrons. The third kappa shape index (κ3) is 2.83. The lowest BCUT2D eigenvalue weighted by atomic mass is 10.00. The van der Waals surface area contributed by atoms with Crippen molar-refractivity contribution in [3.05, 3.63) is 33.9 Å². The number of hydrogen-bond acceptors (Lipinski definition) is 4. The number of hydrogen-bond donors (Lipinski definition) is 2. The number of nitrogens with two attached hydrogens (primary N) is 1. The van der Waals surface area contributed by atoms with Crippen LogP contribution in [0.1, 0.15) is 43.0 Å². The van der Waals surface area contributed by atoms with Gasteiger partial charge in [0.2, 0.25) is 0 Å². The van der Waals surface area contributed by atoms with Gasteiger partial charge in [0.15, 0.2) is 0 Å². The van der Waals surface area contributed by atoms with Crippen molar-refractivity contribution in [2.45, 2.75) is 38.1 Å². The van der Waals surface area contributed by atoms with Crippen molar-refractivity contribution in [2.24, 2.45) is 0 Å². The molecule has 19 heavy (non-hydrogen) atoms. The summed E-state index contributed by atoms with van der Waals surface area (Å²) in [6, 6.07) is 4.13. The van der Waals surface area contributed by atoms with E-state index in [9.17, 15) is 14.9 Å². The van der Waals surface area contributed by atoms with Gasteiger partial charge < -0.3 is 11.1 Å². The molecule has 1 aromatic carbocycles. The van der Waals surface area contributed by atoms with Gasteiger partial charge in [0.05, 0.1) is 4.92 Å². The Kier molecular flexibility index (Phi) is 3.42. The Morgan fingerprint density at radius 3 is 2.63 bits per heavy atom. The zero-order chi connectivity index (χ0) is 14.0. The van der Waals surface area contributed by atoms with Crippen LogP contribution in [-0.4, -0.2) is 16.4 Å². The number of nitrogens with one attached hydrogen (secondary N) is 1. The van der Waals surface area contributed by atoms with Gasteiger partial charge in [-0.05, 0) is 31.9 Å². The fourth-order valence-electron chi connectivity index (χ4n) is 2.47. The Balaban J connectivity index is 2.19.